The largest absolute Gasteiger partial charge is 0.393 e. The first-order valence-corrected chi connectivity index (χ1v) is 7.12. The Balaban J connectivity index is 1.78. The van der Waals surface area contributed by atoms with Gasteiger partial charge in [0.05, 0.1) is 6.10 Å². The highest BCUT2D eigenvalue weighted by Gasteiger charge is 2.32. The first kappa shape index (κ1) is 12.4. The SMILES string of the molecule is CCC1CCC(N2CCC(C(C)O)C2)CC1. The predicted octanol–water partition coefficient (Wildman–Crippen LogP) is 2.66. The molecule has 1 heterocycles. The normalized spacial score (nSPS) is 38.8. The van der Waals surface area contributed by atoms with Crippen LogP contribution in [0.2, 0.25) is 0 Å². The maximum Gasteiger partial charge on any atom is 0.0552 e. The molecule has 2 fully saturated rings. The molecule has 1 aliphatic carbocycles. The fraction of sp³-hybridized carbons (Fsp3) is 1.00. The molecule has 1 aliphatic heterocycles. The average Bonchev–Trinajstić information content (AvgIpc) is 2.78. The summed E-state index contributed by atoms with van der Waals surface area (Å²) in [6.45, 7) is 6.63. The summed E-state index contributed by atoms with van der Waals surface area (Å²) in [5.41, 5.74) is 0. The Morgan fingerprint density at radius 3 is 2.38 bits per heavy atom. The number of aliphatic hydroxyl groups excluding tert-OH is 1. The lowest BCUT2D eigenvalue weighted by Gasteiger charge is -2.34. The molecule has 2 rings (SSSR count). The molecule has 0 radical (unpaired) electrons. The van der Waals surface area contributed by atoms with Crippen molar-refractivity contribution in [3.63, 3.8) is 0 Å². The molecule has 1 N–H and O–H groups in total. The van der Waals surface area contributed by atoms with E-state index < -0.39 is 0 Å². The topological polar surface area (TPSA) is 23.5 Å². The van der Waals surface area contributed by atoms with Gasteiger partial charge in [0, 0.05) is 12.6 Å². The molecule has 2 atom stereocenters. The smallest absolute Gasteiger partial charge is 0.0552 e. The third kappa shape index (κ3) is 2.78. The summed E-state index contributed by atoms with van der Waals surface area (Å²) in [5.74, 6) is 1.52. The minimum atomic E-state index is -0.114. The van der Waals surface area contributed by atoms with Crippen LogP contribution in [0, 0.1) is 11.8 Å². The van der Waals surface area contributed by atoms with Gasteiger partial charge < -0.3 is 10.0 Å². The lowest BCUT2D eigenvalue weighted by Crippen LogP contribution is -2.37. The zero-order valence-electron chi connectivity index (χ0n) is 10.9. The lowest BCUT2D eigenvalue weighted by molar-refractivity contribution is 0.111. The quantitative estimate of drug-likeness (QED) is 0.798. The molecular formula is C14H27NO. The number of hydrogen-bond donors (Lipinski definition) is 1. The third-order valence-corrected chi connectivity index (χ3v) is 4.85. The maximum absolute atomic E-state index is 9.62. The van der Waals surface area contributed by atoms with E-state index in [0.29, 0.717) is 5.92 Å². The minimum Gasteiger partial charge on any atom is -0.393 e. The van der Waals surface area contributed by atoms with Gasteiger partial charge >= 0.3 is 0 Å². The van der Waals surface area contributed by atoms with Crippen molar-refractivity contribution in [1.82, 2.24) is 4.90 Å². The molecule has 1 saturated carbocycles. The van der Waals surface area contributed by atoms with Gasteiger partial charge in [-0.3, -0.25) is 0 Å². The Bertz CT molecular complexity index is 209. The zero-order chi connectivity index (χ0) is 11.5. The number of aliphatic hydroxyl groups is 1. The minimum absolute atomic E-state index is 0.114. The summed E-state index contributed by atoms with van der Waals surface area (Å²) in [6, 6.07) is 0.826. The number of rotatable bonds is 3. The van der Waals surface area contributed by atoms with Crippen LogP contribution in [0.15, 0.2) is 0 Å². The predicted molar refractivity (Wildman–Crippen MR) is 67.4 cm³/mol. The highest BCUT2D eigenvalue weighted by molar-refractivity contribution is 4.86. The Morgan fingerprint density at radius 2 is 1.88 bits per heavy atom. The van der Waals surface area contributed by atoms with E-state index in [-0.39, 0.29) is 6.10 Å². The van der Waals surface area contributed by atoms with Gasteiger partial charge in [-0.05, 0) is 57.4 Å². The summed E-state index contributed by atoms with van der Waals surface area (Å²) in [7, 11) is 0. The fourth-order valence-corrected chi connectivity index (χ4v) is 3.46. The van der Waals surface area contributed by atoms with Crippen LogP contribution in [-0.2, 0) is 0 Å². The van der Waals surface area contributed by atoms with Gasteiger partial charge in [-0.15, -0.1) is 0 Å². The maximum atomic E-state index is 9.62. The molecule has 2 nitrogen and oxygen atoms in total. The van der Waals surface area contributed by atoms with Crippen molar-refractivity contribution < 1.29 is 5.11 Å². The Kier molecular flexibility index (Phi) is 4.26. The van der Waals surface area contributed by atoms with E-state index in [1.807, 2.05) is 6.92 Å². The summed E-state index contributed by atoms with van der Waals surface area (Å²) in [5, 5.41) is 9.62. The van der Waals surface area contributed by atoms with Crippen molar-refractivity contribution in [3.8, 4) is 0 Å². The number of nitrogens with zero attached hydrogens (tertiary/aromatic N) is 1. The summed E-state index contributed by atoms with van der Waals surface area (Å²) < 4.78 is 0. The molecule has 1 saturated heterocycles. The second-order valence-electron chi connectivity index (χ2n) is 5.87. The van der Waals surface area contributed by atoms with E-state index in [9.17, 15) is 5.11 Å². The first-order chi connectivity index (χ1) is 7.70. The van der Waals surface area contributed by atoms with Gasteiger partial charge in [-0.1, -0.05) is 13.3 Å². The molecule has 2 aliphatic rings. The lowest BCUT2D eigenvalue weighted by atomic mass is 9.84. The van der Waals surface area contributed by atoms with E-state index >= 15 is 0 Å². The van der Waals surface area contributed by atoms with E-state index in [1.165, 1.54) is 45.1 Å². The molecule has 94 valence electrons. The van der Waals surface area contributed by atoms with Crippen LogP contribution in [-0.4, -0.2) is 35.2 Å². The van der Waals surface area contributed by atoms with Crippen LogP contribution in [0.1, 0.15) is 52.4 Å². The number of likely N-dealkylation sites (tertiary alicyclic amines) is 1. The van der Waals surface area contributed by atoms with Crippen molar-refractivity contribution in [2.45, 2.75) is 64.5 Å². The van der Waals surface area contributed by atoms with Gasteiger partial charge in [-0.2, -0.15) is 0 Å². The molecule has 16 heavy (non-hydrogen) atoms. The van der Waals surface area contributed by atoms with E-state index in [0.717, 1.165) is 18.5 Å². The molecule has 0 bridgehead atoms. The highest BCUT2D eigenvalue weighted by atomic mass is 16.3. The Morgan fingerprint density at radius 1 is 1.19 bits per heavy atom. The van der Waals surface area contributed by atoms with Gasteiger partial charge in [0.25, 0.3) is 0 Å². The molecule has 0 aromatic carbocycles. The van der Waals surface area contributed by atoms with Crippen LogP contribution in [0.25, 0.3) is 0 Å². The van der Waals surface area contributed by atoms with Crippen LogP contribution >= 0.6 is 0 Å². The Labute approximate surface area is 100 Å². The molecular weight excluding hydrogens is 198 g/mol. The summed E-state index contributed by atoms with van der Waals surface area (Å²) in [6.07, 6.45) is 8.09. The Hall–Kier alpha value is -0.0800. The van der Waals surface area contributed by atoms with Crippen molar-refractivity contribution >= 4 is 0 Å². The van der Waals surface area contributed by atoms with Crippen molar-refractivity contribution in [1.29, 1.82) is 0 Å². The molecule has 0 aromatic rings. The summed E-state index contributed by atoms with van der Waals surface area (Å²) in [4.78, 5) is 2.64. The second kappa shape index (κ2) is 5.50. The van der Waals surface area contributed by atoms with Gasteiger partial charge in [0.1, 0.15) is 0 Å². The molecule has 0 aromatic heterocycles. The van der Waals surface area contributed by atoms with Crippen LogP contribution in [0.4, 0.5) is 0 Å². The molecule has 0 spiro atoms. The average molecular weight is 225 g/mol. The van der Waals surface area contributed by atoms with Crippen LogP contribution < -0.4 is 0 Å². The van der Waals surface area contributed by atoms with E-state index in [1.54, 1.807) is 0 Å². The van der Waals surface area contributed by atoms with Gasteiger partial charge in [0.15, 0.2) is 0 Å². The van der Waals surface area contributed by atoms with E-state index in [4.69, 9.17) is 0 Å². The van der Waals surface area contributed by atoms with Crippen molar-refractivity contribution in [3.05, 3.63) is 0 Å². The molecule has 2 unspecified atom stereocenters. The van der Waals surface area contributed by atoms with Gasteiger partial charge in [-0.25, -0.2) is 0 Å². The number of hydrogen-bond acceptors (Lipinski definition) is 2. The summed E-state index contributed by atoms with van der Waals surface area (Å²) >= 11 is 0. The van der Waals surface area contributed by atoms with Gasteiger partial charge in [0.2, 0.25) is 0 Å². The van der Waals surface area contributed by atoms with Crippen LogP contribution in [0.3, 0.4) is 0 Å². The standard InChI is InChI=1S/C14H27NO/c1-3-12-4-6-14(7-5-12)15-9-8-13(10-15)11(2)16/h11-14,16H,3-10H2,1-2H3. The zero-order valence-corrected chi connectivity index (χ0v) is 10.9. The van der Waals surface area contributed by atoms with Crippen LogP contribution in [0.5, 0.6) is 0 Å². The highest BCUT2D eigenvalue weighted by Crippen LogP contribution is 2.32. The monoisotopic (exact) mass is 225 g/mol. The molecule has 0 amide bonds. The first-order valence-electron chi connectivity index (χ1n) is 7.12. The third-order valence-electron chi connectivity index (χ3n) is 4.85. The molecule has 2 heteroatoms. The van der Waals surface area contributed by atoms with Crippen molar-refractivity contribution in [2.75, 3.05) is 13.1 Å². The van der Waals surface area contributed by atoms with E-state index in [2.05, 4.69) is 11.8 Å². The van der Waals surface area contributed by atoms with Crippen molar-refractivity contribution in [2.24, 2.45) is 11.8 Å². The fourth-order valence-electron chi connectivity index (χ4n) is 3.46. The second-order valence-corrected chi connectivity index (χ2v) is 5.87.